The molecule has 3 rings (SSSR count). The van der Waals surface area contributed by atoms with E-state index in [-0.39, 0.29) is 0 Å². The number of imidazole rings is 1. The van der Waals surface area contributed by atoms with Crippen LogP contribution < -0.4 is 0 Å². The molecule has 0 amide bonds. The highest BCUT2D eigenvalue weighted by Gasteiger charge is 2.05. The second kappa shape index (κ2) is 3.41. The fourth-order valence-corrected chi connectivity index (χ4v) is 1.64. The molecule has 0 aliphatic carbocycles. The second-order valence-corrected chi connectivity index (χ2v) is 3.62. The number of fused-ring (bicyclic) bond motifs is 1. The molecule has 16 heavy (non-hydrogen) atoms. The number of aromatic nitrogens is 4. The molecule has 0 unspecified atom stereocenters. The highest BCUT2D eigenvalue weighted by molar-refractivity contribution is 5.56. The average molecular weight is 210 g/mol. The van der Waals surface area contributed by atoms with Crippen LogP contribution in [0.5, 0.6) is 0 Å². The molecule has 0 saturated carbocycles. The van der Waals surface area contributed by atoms with Gasteiger partial charge in [-0.1, -0.05) is 6.07 Å². The van der Waals surface area contributed by atoms with Crippen molar-refractivity contribution < 1.29 is 0 Å². The van der Waals surface area contributed by atoms with E-state index >= 15 is 0 Å². The van der Waals surface area contributed by atoms with E-state index in [1.807, 2.05) is 48.0 Å². The van der Waals surface area contributed by atoms with Crippen molar-refractivity contribution in [2.75, 3.05) is 0 Å². The van der Waals surface area contributed by atoms with Crippen LogP contribution in [-0.2, 0) is 0 Å². The maximum Gasteiger partial charge on any atom is 0.234 e. The Kier molecular flexibility index (Phi) is 1.93. The summed E-state index contributed by atoms with van der Waals surface area (Å²) in [5, 5.41) is 0. The molecule has 3 aromatic rings. The third-order valence-corrected chi connectivity index (χ3v) is 2.39. The minimum atomic E-state index is 0.695. The second-order valence-electron chi connectivity index (χ2n) is 3.62. The molecule has 0 N–H and O–H groups in total. The molecule has 0 aliphatic heterocycles. The molecular weight excluding hydrogens is 200 g/mol. The van der Waals surface area contributed by atoms with Crippen molar-refractivity contribution in [2.45, 2.75) is 6.92 Å². The number of nitrogens with zero attached hydrogens (tertiary/aromatic N) is 4. The summed E-state index contributed by atoms with van der Waals surface area (Å²) >= 11 is 0. The van der Waals surface area contributed by atoms with E-state index in [4.69, 9.17) is 0 Å². The smallest absolute Gasteiger partial charge is 0.234 e. The highest BCUT2D eigenvalue weighted by atomic mass is 15.1. The summed E-state index contributed by atoms with van der Waals surface area (Å²) in [6.45, 7) is 1.97. The molecule has 0 spiro atoms. The van der Waals surface area contributed by atoms with Crippen molar-refractivity contribution in [1.82, 2.24) is 19.4 Å². The first-order valence-electron chi connectivity index (χ1n) is 5.07. The predicted octanol–water partition coefficient (Wildman–Crippen LogP) is 2.10. The van der Waals surface area contributed by atoms with Gasteiger partial charge in [-0.2, -0.15) is 0 Å². The van der Waals surface area contributed by atoms with Crippen LogP contribution in [0.3, 0.4) is 0 Å². The standard InChI is InChI=1S/C12H10N4/c1-9-4-2-5-10(14-9)11-8-16-7-3-6-13-12(16)15-11/h2-8H,1H3. The lowest BCUT2D eigenvalue weighted by Gasteiger charge is -1.95. The summed E-state index contributed by atoms with van der Waals surface area (Å²) < 4.78 is 1.89. The van der Waals surface area contributed by atoms with Crippen molar-refractivity contribution >= 4 is 5.78 Å². The van der Waals surface area contributed by atoms with Gasteiger partial charge in [0.25, 0.3) is 0 Å². The first kappa shape index (κ1) is 9.03. The van der Waals surface area contributed by atoms with E-state index in [2.05, 4.69) is 15.0 Å². The Morgan fingerprint density at radius 2 is 2.00 bits per heavy atom. The van der Waals surface area contributed by atoms with E-state index < -0.39 is 0 Å². The van der Waals surface area contributed by atoms with Crippen LogP contribution in [0.1, 0.15) is 5.69 Å². The molecule has 0 saturated heterocycles. The van der Waals surface area contributed by atoms with Crippen molar-refractivity contribution in [3.63, 3.8) is 0 Å². The Morgan fingerprint density at radius 3 is 2.81 bits per heavy atom. The zero-order valence-electron chi connectivity index (χ0n) is 8.83. The van der Waals surface area contributed by atoms with Gasteiger partial charge in [0.1, 0.15) is 5.69 Å². The Labute approximate surface area is 92.6 Å². The zero-order valence-corrected chi connectivity index (χ0v) is 8.83. The normalized spacial score (nSPS) is 10.8. The number of aryl methyl sites for hydroxylation is 1. The van der Waals surface area contributed by atoms with E-state index in [9.17, 15) is 0 Å². The first-order valence-corrected chi connectivity index (χ1v) is 5.07. The Hall–Kier alpha value is -2.23. The third-order valence-electron chi connectivity index (χ3n) is 2.39. The molecule has 4 heteroatoms. The predicted molar refractivity (Wildman–Crippen MR) is 61.0 cm³/mol. The Morgan fingerprint density at radius 1 is 1.06 bits per heavy atom. The van der Waals surface area contributed by atoms with Crippen molar-refractivity contribution in [1.29, 1.82) is 0 Å². The van der Waals surface area contributed by atoms with Crippen LogP contribution in [0.4, 0.5) is 0 Å². The monoisotopic (exact) mass is 210 g/mol. The third kappa shape index (κ3) is 1.44. The molecule has 0 aromatic carbocycles. The lowest BCUT2D eigenvalue weighted by Crippen LogP contribution is -1.85. The summed E-state index contributed by atoms with van der Waals surface area (Å²) in [6.07, 6.45) is 5.59. The van der Waals surface area contributed by atoms with Gasteiger partial charge in [-0.25, -0.2) is 9.97 Å². The minimum absolute atomic E-state index is 0.695. The van der Waals surface area contributed by atoms with Crippen LogP contribution >= 0.6 is 0 Å². The summed E-state index contributed by atoms with van der Waals surface area (Å²) in [5.74, 6) is 0.695. The van der Waals surface area contributed by atoms with Crippen molar-refractivity contribution in [3.8, 4) is 11.4 Å². The topological polar surface area (TPSA) is 43.1 Å². The van der Waals surface area contributed by atoms with Gasteiger partial charge >= 0.3 is 0 Å². The lowest BCUT2D eigenvalue weighted by atomic mass is 10.2. The number of hydrogen-bond donors (Lipinski definition) is 0. The maximum atomic E-state index is 4.44. The molecule has 0 aliphatic rings. The van der Waals surface area contributed by atoms with Gasteiger partial charge in [-0.15, -0.1) is 0 Å². The highest BCUT2D eigenvalue weighted by Crippen LogP contribution is 2.15. The largest absolute Gasteiger partial charge is 0.290 e. The molecule has 3 heterocycles. The van der Waals surface area contributed by atoms with Gasteiger partial charge in [0.15, 0.2) is 0 Å². The van der Waals surface area contributed by atoms with Crippen LogP contribution in [0.2, 0.25) is 0 Å². The fourth-order valence-electron chi connectivity index (χ4n) is 1.64. The molecule has 0 bridgehead atoms. The molecule has 0 fully saturated rings. The molecule has 78 valence electrons. The SMILES string of the molecule is Cc1cccc(-c2cn3cccnc3n2)n1. The van der Waals surface area contributed by atoms with Crippen LogP contribution in [0.15, 0.2) is 42.9 Å². The molecule has 0 atom stereocenters. The van der Waals surface area contributed by atoms with Gasteiger partial charge in [0, 0.05) is 24.3 Å². The zero-order chi connectivity index (χ0) is 11.0. The summed E-state index contributed by atoms with van der Waals surface area (Å²) in [6, 6.07) is 7.78. The first-order chi connectivity index (χ1) is 7.83. The van der Waals surface area contributed by atoms with Crippen LogP contribution in [0, 0.1) is 6.92 Å². The average Bonchev–Trinajstić information content (AvgIpc) is 2.72. The maximum absolute atomic E-state index is 4.44. The number of pyridine rings is 1. The fraction of sp³-hybridized carbons (Fsp3) is 0.0833. The summed E-state index contributed by atoms with van der Waals surface area (Å²) in [5.41, 5.74) is 2.72. The van der Waals surface area contributed by atoms with Gasteiger partial charge in [0.2, 0.25) is 5.78 Å². The van der Waals surface area contributed by atoms with Crippen molar-refractivity contribution in [3.05, 3.63) is 48.5 Å². The quantitative estimate of drug-likeness (QED) is 0.617. The minimum Gasteiger partial charge on any atom is -0.290 e. The van der Waals surface area contributed by atoms with Gasteiger partial charge in [-0.05, 0) is 25.1 Å². The van der Waals surface area contributed by atoms with Crippen LogP contribution in [0.25, 0.3) is 17.2 Å². The van der Waals surface area contributed by atoms with Gasteiger partial charge < -0.3 is 0 Å². The number of rotatable bonds is 1. The van der Waals surface area contributed by atoms with Gasteiger partial charge in [-0.3, -0.25) is 9.38 Å². The van der Waals surface area contributed by atoms with E-state index in [1.165, 1.54) is 0 Å². The Balaban J connectivity index is 2.19. The molecular formula is C12H10N4. The summed E-state index contributed by atoms with van der Waals surface area (Å²) in [4.78, 5) is 13.0. The Bertz CT molecular complexity index is 609. The van der Waals surface area contributed by atoms with Gasteiger partial charge in [0.05, 0.1) is 5.69 Å². The summed E-state index contributed by atoms with van der Waals surface area (Å²) in [7, 11) is 0. The van der Waals surface area contributed by atoms with Crippen LogP contribution in [-0.4, -0.2) is 19.4 Å². The van der Waals surface area contributed by atoms with Crippen molar-refractivity contribution in [2.24, 2.45) is 0 Å². The molecule has 4 nitrogen and oxygen atoms in total. The van der Waals surface area contributed by atoms with E-state index in [1.54, 1.807) is 6.20 Å². The molecule has 3 aromatic heterocycles. The van der Waals surface area contributed by atoms with E-state index in [0.717, 1.165) is 17.1 Å². The van der Waals surface area contributed by atoms with E-state index in [0.29, 0.717) is 5.78 Å². The lowest BCUT2D eigenvalue weighted by molar-refractivity contribution is 1.11. The number of hydrogen-bond acceptors (Lipinski definition) is 3. The molecule has 0 radical (unpaired) electrons.